The molecule has 0 spiro atoms. The molecule has 0 saturated carbocycles. The topological polar surface area (TPSA) is 117 Å². The number of aromatic nitrogens is 2. The third kappa shape index (κ3) is 4.28. The van der Waals surface area contributed by atoms with E-state index in [-0.39, 0.29) is 11.6 Å². The summed E-state index contributed by atoms with van der Waals surface area (Å²) in [6.45, 7) is 0. The van der Waals surface area contributed by atoms with E-state index >= 15 is 0 Å². The molecule has 2 N–H and O–H groups in total. The van der Waals surface area contributed by atoms with E-state index in [4.69, 9.17) is 5.26 Å². The summed E-state index contributed by atoms with van der Waals surface area (Å²) in [7, 11) is 1.30. The molecule has 1 aromatic heterocycles. The average Bonchev–Trinajstić information content (AvgIpc) is 2.74. The summed E-state index contributed by atoms with van der Waals surface area (Å²) < 4.78 is 4.63. The number of anilines is 3. The van der Waals surface area contributed by atoms with Crippen LogP contribution in [0.15, 0.2) is 60.8 Å². The van der Waals surface area contributed by atoms with E-state index in [1.165, 1.54) is 19.4 Å². The summed E-state index contributed by atoms with van der Waals surface area (Å²) in [4.78, 5) is 32.1. The summed E-state index contributed by atoms with van der Waals surface area (Å²) in [5.41, 5.74) is 2.00. The van der Waals surface area contributed by atoms with Crippen LogP contribution in [0.1, 0.15) is 26.4 Å². The maximum absolute atomic E-state index is 12.4. The van der Waals surface area contributed by atoms with Gasteiger partial charge < -0.3 is 15.4 Å². The van der Waals surface area contributed by atoms with Gasteiger partial charge in [0.2, 0.25) is 5.95 Å². The molecule has 138 valence electrons. The quantitative estimate of drug-likeness (QED) is 0.660. The molecule has 0 unspecified atom stereocenters. The molecule has 8 nitrogen and oxygen atoms in total. The van der Waals surface area contributed by atoms with E-state index in [9.17, 15) is 9.59 Å². The first-order valence-electron chi connectivity index (χ1n) is 8.19. The predicted octanol–water partition coefficient (Wildman–Crippen LogP) is 3.13. The van der Waals surface area contributed by atoms with Crippen LogP contribution in [0.25, 0.3) is 0 Å². The summed E-state index contributed by atoms with van der Waals surface area (Å²) >= 11 is 0. The Morgan fingerprint density at radius 1 is 1.07 bits per heavy atom. The number of nitrogens with zero attached hydrogens (tertiary/aromatic N) is 3. The largest absolute Gasteiger partial charge is 0.465 e. The van der Waals surface area contributed by atoms with E-state index in [0.29, 0.717) is 22.5 Å². The van der Waals surface area contributed by atoms with Gasteiger partial charge in [0.15, 0.2) is 0 Å². The first-order chi connectivity index (χ1) is 13.6. The number of nitrogens with one attached hydrogen (secondary N) is 2. The fourth-order valence-corrected chi connectivity index (χ4v) is 2.36. The number of carbonyl (C=O) groups is 2. The molecule has 0 atom stereocenters. The van der Waals surface area contributed by atoms with Crippen LogP contribution in [0.4, 0.5) is 17.3 Å². The third-order valence-electron chi connectivity index (χ3n) is 3.75. The van der Waals surface area contributed by atoms with Crippen molar-refractivity contribution >= 4 is 29.2 Å². The van der Waals surface area contributed by atoms with Gasteiger partial charge in [0.1, 0.15) is 11.8 Å². The zero-order chi connectivity index (χ0) is 19.9. The van der Waals surface area contributed by atoms with Crippen molar-refractivity contribution < 1.29 is 14.3 Å². The number of esters is 1. The highest BCUT2D eigenvalue weighted by atomic mass is 16.5. The molecule has 28 heavy (non-hydrogen) atoms. The molecule has 0 aliphatic carbocycles. The number of carbonyl (C=O) groups excluding carboxylic acids is 2. The second-order valence-corrected chi connectivity index (χ2v) is 5.57. The van der Waals surface area contributed by atoms with Gasteiger partial charge in [-0.25, -0.2) is 14.8 Å². The zero-order valence-corrected chi connectivity index (χ0v) is 14.8. The van der Waals surface area contributed by atoms with Crippen molar-refractivity contribution in [2.45, 2.75) is 0 Å². The van der Waals surface area contributed by atoms with Crippen molar-refractivity contribution in [1.29, 1.82) is 5.26 Å². The molecule has 0 fully saturated rings. The van der Waals surface area contributed by atoms with Crippen molar-refractivity contribution in [2.75, 3.05) is 17.7 Å². The van der Waals surface area contributed by atoms with E-state index in [0.717, 1.165) is 0 Å². The minimum Gasteiger partial charge on any atom is -0.465 e. The van der Waals surface area contributed by atoms with Gasteiger partial charge >= 0.3 is 5.97 Å². The lowest BCUT2D eigenvalue weighted by Gasteiger charge is -2.08. The van der Waals surface area contributed by atoms with Gasteiger partial charge in [0.25, 0.3) is 5.91 Å². The van der Waals surface area contributed by atoms with Gasteiger partial charge in [0, 0.05) is 11.9 Å². The lowest BCUT2D eigenvalue weighted by molar-refractivity contribution is 0.0600. The van der Waals surface area contributed by atoms with E-state index in [1.807, 2.05) is 0 Å². The van der Waals surface area contributed by atoms with Crippen LogP contribution >= 0.6 is 0 Å². The SMILES string of the molecule is COC(=O)c1ccc(NC(=O)c2ccnc(Nc3ccccc3C#N)n2)cc1. The van der Waals surface area contributed by atoms with Crippen LogP contribution < -0.4 is 10.6 Å². The van der Waals surface area contributed by atoms with Crippen molar-refractivity contribution in [2.24, 2.45) is 0 Å². The molecular weight excluding hydrogens is 358 g/mol. The molecule has 0 saturated heterocycles. The molecule has 3 aromatic rings. The van der Waals surface area contributed by atoms with Gasteiger partial charge in [0.05, 0.1) is 23.9 Å². The summed E-state index contributed by atoms with van der Waals surface area (Å²) in [5, 5.41) is 14.8. The Kier molecular flexibility index (Phi) is 5.58. The minimum absolute atomic E-state index is 0.143. The lowest BCUT2D eigenvalue weighted by atomic mass is 10.2. The maximum Gasteiger partial charge on any atom is 0.337 e. The number of methoxy groups -OCH3 is 1. The lowest BCUT2D eigenvalue weighted by Crippen LogP contribution is -2.15. The fourth-order valence-electron chi connectivity index (χ4n) is 2.36. The molecule has 8 heteroatoms. The zero-order valence-electron chi connectivity index (χ0n) is 14.8. The number of amides is 1. The van der Waals surface area contributed by atoms with Crippen molar-refractivity contribution in [3.05, 3.63) is 77.6 Å². The van der Waals surface area contributed by atoms with Crippen LogP contribution in [0.3, 0.4) is 0 Å². The first-order valence-corrected chi connectivity index (χ1v) is 8.19. The number of nitriles is 1. The summed E-state index contributed by atoms with van der Waals surface area (Å²) in [6.07, 6.45) is 1.44. The Labute approximate surface area is 160 Å². The number of benzene rings is 2. The normalized spacial score (nSPS) is 9.86. The number of ether oxygens (including phenoxy) is 1. The number of rotatable bonds is 5. The minimum atomic E-state index is -0.456. The number of hydrogen-bond acceptors (Lipinski definition) is 7. The highest BCUT2D eigenvalue weighted by Gasteiger charge is 2.11. The highest BCUT2D eigenvalue weighted by molar-refractivity contribution is 6.03. The Hall–Kier alpha value is -4.25. The standard InChI is InChI=1S/C20H15N5O3/c1-28-19(27)13-6-8-15(9-7-13)23-18(26)17-10-11-22-20(25-17)24-16-5-3-2-4-14(16)12-21/h2-11H,1H3,(H,23,26)(H,22,24,25). The second-order valence-electron chi connectivity index (χ2n) is 5.57. The summed E-state index contributed by atoms with van der Waals surface area (Å²) in [6, 6.07) is 16.7. The van der Waals surface area contributed by atoms with Crippen molar-refractivity contribution in [3.8, 4) is 6.07 Å². The molecule has 0 radical (unpaired) electrons. The van der Waals surface area contributed by atoms with Crippen LogP contribution in [0.2, 0.25) is 0 Å². The Morgan fingerprint density at radius 2 is 1.82 bits per heavy atom. The molecule has 1 amide bonds. The van der Waals surface area contributed by atoms with E-state index < -0.39 is 11.9 Å². The third-order valence-corrected chi connectivity index (χ3v) is 3.75. The smallest absolute Gasteiger partial charge is 0.337 e. The van der Waals surface area contributed by atoms with Crippen LogP contribution in [-0.2, 0) is 4.74 Å². The molecule has 2 aromatic carbocycles. The van der Waals surface area contributed by atoms with E-state index in [1.54, 1.807) is 48.5 Å². The van der Waals surface area contributed by atoms with E-state index in [2.05, 4.69) is 31.4 Å². The monoisotopic (exact) mass is 373 g/mol. The van der Waals surface area contributed by atoms with Crippen molar-refractivity contribution in [3.63, 3.8) is 0 Å². The van der Waals surface area contributed by atoms with Gasteiger partial charge in [-0.1, -0.05) is 12.1 Å². The number of para-hydroxylation sites is 1. The van der Waals surface area contributed by atoms with Crippen molar-refractivity contribution in [1.82, 2.24) is 9.97 Å². The van der Waals surface area contributed by atoms with Gasteiger partial charge in [-0.3, -0.25) is 4.79 Å². The molecule has 3 rings (SSSR count). The van der Waals surface area contributed by atoms with Crippen LogP contribution in [0.5, 0.6) is 0 Å². The second kappa shape index (κ2) is 8.42. The average molecular weight is 373 g/mol. The fraction of sp³-hybridized carbons (Fsp3) is 0.0500. The molecule has 0 bridgehead atoms. The van der Waals surface area contributed by atoms with Gasteiger partial charge in [-0.15, -0.1) is 0 Å². The molecule has 1 heterocycles. The molecule has 0 aliphatic rings. The van der Waals surface area contributed by atoms with Gasteiger partial charge in [-0.2, -0.15) is 5.26 Å². The van der Waals surface area contributed by atoms with Crippen LogP contribution in [0, 0.1) is 11.3 Å². The van der Waals surface area contributed by atoms with Crippen LogP contribution in [-0.4, -0.2) is 29.0 Å². The molecular formula is C20H15N5O3. The van der Waals surface area contributed by atoms with Gasteiger partial charge in [-0.05, 0) is 42.5 Å². The Bertz CT molecular complexity index is 1060. The number of hydrogen-bond donors (Lipinski definition) is 2. The highest BCUT2D eigenvalue weighted by Crippen LogP contribution is 2.18. The predicted molar refractivity (Wildman–Crippen MR) is 102 cm³/mol. The first kappa shape index (κ1) is 18.5. The summed E-state index contributed by atoms with van der Waals surface area (Å²) in [5.74, 6) is -0.705. The Morgan fingerprint density at radius 3 is 2.54 bits per heavy atom. The molecule has 0 aliphatic heterocycles. The Balaban J connectivity index is 1.73. The maximum atomic E-state index is 12.4.